The van der Waals surface area contributed by atoms with Gasteiger partial charge >= 0.3 is 0 Å². The van der Waals surface area contributed by atoms with E-state index >= 15 is 0 Å². The first kappa shape index (κ1) is 20.4. The van der Waals surface area contributed by atoms with E-state index in [1.165, 1.54) is 6.08 Å². The van der Waals surface area contributed by atoms with Crippen molar-refractivity contribution in [3.8, 4) is 0 Å². The Kier molecular flexibility index (Phi) is 5.16. The lowest BCUT2D eigenvalue weighted by Gasteiger charge is -2.33. The van der Waals surface area contributed by atoms with E-state index in [0.29, 0.717) is 22.3 Å². The van der Waals surface area contributed by atoms with Crippen molar-refractivity contribution in [3.63, 3.8) is 0 Å². The second-order valence-corrected chi connectivity index (χ2v) is 6.72. The SMILES string of the molecule is N=C(N)c1ccc(C2=CC(C(N)=O)C(C(N)=NO)(c3ccc(C(=N)N)cc3)O2)cc1. The highest BCUT2D eigenvalue weighted by atomic mass is 16.5. The predicted octanol–water partition coefficient (Wildman–Crippen LogP) is 0.369. The monoisotopic (exact) mass is 407 g/mol. The molecular formula is C20H21N7O3. The maximum Gasteiger partial charge on any atom is 0.229 e. The van der Waals surface area contributed by atoms with Gasteiger partial charge < -0.3 is 32.9 Å². The van der Waals surface area contributed by atoms with Crippen molar-refractivity contribution in [3.05, 3.63) is 76.9 Å². The second kappa shape index (κ2) is 7.59. The molecular weight excluding hydrogens is 386 g/mol. The number of rotatable bonds is 6. The Morgan fingerprint density at radius 1 is 0.933 bits per heavy atom. The lowest BCUT2D eigenvalue weighted by atomic mass is 9.80. The fourth-order valence-corrected chi connectivity index (χ4v) is 3.36. The molecule has 2 unspecified atom stereocenters. The van der Waals surface area contributed by atoms with Gasteiger partial charge in [0, 0.05) is 22.3 Å². The molecule has 0 aromatic heterocycles. The maximum atomic E-state index is 12.3. The van der Waals surface area contributed by atoms with Gasteiger partial charge in [-0.2, -0.15) is 0 Å². The van der Waals surface area contributed by atoms with Crippen LogP contribution in [-0.2, 0) is 15.1 Å². The lowest BCUT2D eigenvalue weighted by Crippen LogP contribution is -2.50. The molecule has 10 heteroatoms. The number of hydrogen-bond acceptors (Lipinski definition) is 6. The van der Waals surface area contributed by atoms with Crippen molar-refractivity contribution >= 4 is 29.2 Å². The molecule has 0 bridgehead atoms. The molecule has 2 atom stereocenters. The third-order valence-electron chi connectivity index (χ3n) is 4.93. The molecule has 3 rings (SSSR count). The van der Waals surface area contributed by atoms with Crippen LogP contribution in [0.1, 0.15) is 22.3 Å². The molecule has 0 radical (unpaired) electrons. The van der Waals surface area contributed by atoms with E-state index < -0.39 is 17.4 Å². The molecule has 1 heterocycles. The number of carbonyl (C=O) groups excluding carboxylic acids is 1. The van der Waals surface area contributed by atoms with Crippen LogP contribution in [0.5, 0.6) is 0 Å². The van der Waals surface area contributed by atoms with Crippen molar-refractivity contribution in [1.29, 1.82) is 10.8 Å². The Morgan fingerprint density at radius 3 is 1.87 bits per heavy atom. The summed E-state index contributed by atoms with van der Waals surface area (Å²) in [5, 5.41) is 27.6. The normalized spacial score (nSPS) is 20.9. The standard InChI is InChI=1S/C20H21N7O3/c21-16(22)11-3-1-10(2-4-11)15-9-14(18(25)28)20(30-15,19(26)27-29)13-7-5-12(6-8-13)17(23)24/h1-9,14,29H,(H3,21,22)(H3,23,24)(H2,25,28)(H2,26,27). The number of nitrogen functional groups attached to an aromatic ring is 2. The smallest absolute Gasteiger partial charge is 0.229 e. The number of amidine groups is 3. The first-order valence-electron chi connectivity index (χ1n) is 8.78. The number of ether oxygens (including phenoxy) is 1. The Labute approximate surface area is 171 Å². The number of primary amides is 1. The number of nitrogens with one attached hydrogen (secondary N) is 2. The Morgan fingerprint density at radius 2 is 1.43 bits per heavy atom. The van der Waals surface area contributed by atoms with Gasteiger partial charge in [-0.05, 0) is 6.08 Å². The highest BCUT2D eigenvalue weighted by Gasteiger charge is 2.53. The second-order valence-electron chi connectivity index (χ2n) is 6.72. The van der Waals surface area contributed by atoms with Crippen LogP contribution in [0.4, 0.5) is 0 Å². The molecule has 0 spiro atoms. The van der Waals surface area contributed by atoms with Crippen LogP contribution < -0.4 is 22.9 Å². The zero-order valence-electron chi connectivity index (χ0n) is 15.8. The summed E-state index contributed by atoms with van der Waals surface area (Å²) in [7, 11) is 0. The summed E-state index contributed by atoms with van der Waals surface area (Å²) in [6.07, 6.45) is 1.50. The molecule has 2 aromatic carbocycles. The minimum Gasteiger partial charge on any atom is -0.473 e. The van der Waals surface area contributed by atoms with E-state index in [0.717, 1.165) is 0 Å². The van der Waals surface area contributed by atoms with E-state index in [2.05, 4.69) is 5.16 Å². The molecule has 0 saturated heterocycles. The average molecular weight is 407 g/mol. The van der Waals surface area contributed by atoms with Crippen molar-refractivity contribution < 1.29 is 14.7 Å². The lowest BCUT2D eigenvalue weighted by molar-refractivity contribution is -0.124. The van der Waals surface area contributed by atoms with E-state index in [-0.39, 0.29) is 23.3 Å². The molecule has 0 aliphatic carbocycles. The molecule has 10 nitrogen and oxygen atoms in total. The first-order chi connectivity index (χ1) is 14.2. The van der Waals surface area contributed by atoms with E-state index in [9.17, 15) is 10.0 Å². The van der Waals surface area contributed by atoms with Crippen molar-refractivity contribution in [1.82, 2.24) is 0 Å². The van der Waals surface area contributed by atoms with Gasteiger partial charge in [0.05, 0.1) is 0 Å². The Hall–Kier alpha value is -4.34. The van der Waals surface area contributed by atoms with Gasteiger partial charge in [0.1, 0.15) is 23.3 Å². The maximum absolute atomic E-state index is 12.3. The van der Waals surface area contributed by atoms with Gasteiger partial charge in [-0.3, -0.25) is 15.6 Å². The number of carbonyl (C=O) groups is 1. The van der Waals surface area contributed by atoms with E-state index in [4.69, 9.17) is 38.5 Å². The van der Waals surface area contributed by atoms with Gasteiger partial charge in [0.2, 0.25) is 11.5 Å². The molecule has 11 N–H and O–H groups in total. The number of benzene rings is 2. The quantitative estimate of drug-likeness (QED) is 0.155. The van der Waals surface area contributed by atoms with Crippen LogP contribution in [0.25, 0.3) is 5.76 Å². The minimum atomic E-state index is -1.69. The molecule has 154 valence electrons. The highest BCUT2D eigenvalue weighted by molar-refractivity contribution is 6.00. The molecule has 2 aromatic rings. The van der Waals surface area contributed by atoms with Crippen LogP contribution >= 0.6 is 0 Å². The third-order valence-corrected chi connectivity index (χ3v) is 4.93. The minimum absolute atomic E-state index is 0.0885. The average Bonchev–Trinajstić information content (AvgIpc) is 3.15. The number of oxime groups is 1. The summed E-state index contributed by atoms with van der Waals surface area (Å²) in [6, 6.07) is 12.9. The predicted molar refractivity (Wildman–Crippen MR) is 112 cm³/mol. The van der Waals surface area contributed by atoms with E-state index in [1.807, 2.05) is 0 Å². The van der Waals surface area contributed by atoms with Gasteiger partial charge in [0.15, 0.2) is 5.84 Å². The zero-order valence-corrected chi connectivity index (χ0v) is 15.8. The Bertz CT molecular complexity index is 1070. The summed E-state index contributed by atoms with van der Waals surface area (Å²) in [6.45, 7) is 0. The highest BCUT2D eigenvalue weighted by Crippen LogP contribution is 2.45. The largest absolute Gasteiger partial charge is 0.473 e. The van der Waals surface area contributed by atoms with Gasteiger partial charge in [-0.1, -0.05) is 53.7 Å². The summed E-state index contributed by atoms with van der Waals surface area (Å²) < 4.78 is 6.12. The molecule has 1 amide bonds. The molecule has 30 heavy (non-hydrogen) atoms. The number of amides is 1. The topological polar surface area (TPSA) is 211 Å². The molecule has 0 saturated carbocycles. The molecule has 1 aliphatic heterocycles. The van der Waals surface area contributed by atoms with Crippen molar-refractivity contribution in [2.45, 2.75) is 5.60 Å². The summed E-state index contributed by atoms with van der Waals surface area (Å²) in [4.78, 5) is 12.3. The Balaban J connectivity index is 2.12. The van der Waals surface area contributed by atoms with Gasteiger partial charge in [0.25, 0.3) is 0 Å². The van der Waals surface area contributed by atoms with Crippen LogP contribution in [0.2, 0.25) is 0 Å². The van der Waals surface area contributed by atoms with Gasteiger partial charge in [-0.15, -0.1) is 0 Å². The van der Waals surface area contributed by atoms with Crippen LogP contribution in [0.3, 0.4) is 0 Å². The van der Waals surface area contributed by atoms with Gasteiger partial charge in [-0.25, -0.2) is 0 Å². The fourth-order valence-electron chi connectivity index (χ4n) is 3.36. The van der Waals surface area contributed by atoms with Crippen LogP contribution in [0.15, 0.2) is 59.8 Å². The number of nitrogens with zero attached hydrogens (tertiary/aromatic N) is 1. The summed E-state index contributed by atoms with van der Waals surface area (Å²) in [5.74, 6) is -2.13. The van der Waals surface area contributed by atoms with Crippen molar-refractivity contribution in [2.75, 3.05) is 0 Å². The van der Waals surface area contributed by atoms with Crippen molar-refractivity contribution in [2.24, 2.45) is 34.0 Å². The number of hydrogen-bond donors (Lipinski definition) is 7. The number of nitrogens with two attached hydrogens (primary N) is 4. The fraction of sp³-hybridized carbons (Fsp3) is 0.100. The third kappa shape index (κ3) is 3.30. The van der Waals surface area contributed by atoms with Crippen LogP contribution in [0, 0.1) is 16.7 Å². The first-order valence-corrected chi connectivity index (χ1v) is 8.78. The summed E-state index contributed by atoms with van der Waals surface area (Å²) >= 11 is 0. The summed E-state index contributed by atoms with van der Waals surface area (Å²) in [5.41, 5.74) is 22.9. The van der Waals surface area contributed by atoms with Crippen LogP contribution in [-0.4, -0.2) is 28.6 Å². The van der Waals surface area contributed by atoms with E-state index in [1.54, 1.807) is 48.5 Å². The molecule has 0 fully saturated rings. The molecule has 1 aliphatic rings. The zero-order chi connectivity index (χ0) is 22.1.